The normalized spacial score (nSPS) is 17.8. The number of nitrogen functional groups attached to an aromatic ring is 2. The van der Waals surface area contributed by atoms with E-state index in [-0.39, 0.29) is 63.3 Å². The maximum atomic E-state index is 13.1. The zero-order chi connectivity index (χ0) is 90.9. The summed E-state index contributed by atoms with van der Waals surface area (Å²) in [4.78, 5) is 114. The highest BCUT2D eigenvalue weighted by Gasteiger charge is 2.52. The number of carbonyl (C=O) groups excluding carboxylic acids is 1. The van der Waals surface area contributed by atoms with Gasteiger partial charge in [-0.1, -0.05) is 88.8 Å². The molecule has 20 rings (SSSR count). The molecule has 0 saturated carbocycles. The largest absolute Gasteiger partial charge is 0.494 e. The number of rotatable bonds is 6. The Morgan fingerprint density at radius 1 is 0.523 bits per heavy atom. The number of aliphatic imine (C=N–C) groups is 1. The molecule has 1 atom stereocenters. The molecule has 0 aliphatic carbocycles. The third-order valence-electron chi connectivity index (χ3n) is 23.4. The van der Waals surface area contributed by atoms with Crippen LogP contribution >= 0.6 is 63.7 Å². The van der Waals surface area contributed by atoms with Crippen molar-refractivity contribution in [3.8, 4) is 11.1 Å². The zero-order valence-corrected chi connectivity index (χ0v) is 79.6. The molecule has 6 saturated heterocycles. The number of nitroso groups, excluding NO2 is 1. The van der Waals surface area contributed by atoms with Crippen molar-refractivity contribution in [1.82, 2.24) is 73.8 Å². The van der Waals surface area contributed by atoms with Gasteiger partial charge < -0.3 is 74.4 Å². The molecule has 13 heterocycles. The summed E-state index contributed by atoms with van der Waals surface area (Å²) in [5.41, 5.74) is 19.7. The quantitative estimate of drug-likeness (QED) is 0.0887. The average molecular weight is 2000 g/mol. The molecule has 6 aromatic heterocycles. The van der Waals surface area contributed by atoms with Gasteiger partial charge >= 0.3 is 13.2 Å². The van der Waals surface area contributed by atoms with Crippen molar-refractivity contribution in [2.24, 2.45) is 10.9 Å². The van der Waals surface area contributed by atoms with Gasteiger partial charge in [-0.15, -0.1) is 0 Å². The van der Waals surface area contributed by atoms with E-state index in [1.54, 1.807) is 51.4 Å². The fraction of sp³-hybridized carbons (Fsp3) is 0.400. The van der Waals surface area contributed by atoms with E-state index < -0.39 is 7.12 Å². The first-order valence-corrected chi connectivity index (χ1v) is 45.9. The Hall–Kier alpha value is -10.7. The van der Waals surface area contributed by atoms with Gasteiger partial charge in [-0.05, 0) is 220 Å². The number of nitrogens with zero attached hydrogens (tertiary/aromatic N) is 18. The van der Waals surface area contributed by atoms with Crippen LogP contribution in [-0.2, 0) is 14.0 Å². The molecule has 7 aliphatic rings. The summed E-state index contributed by atoms with van der Waals surface area (Å²) in [6.07, 6.45) is 13.2. The van der Waals surface area contributed by atoms with E-state index in [0.717, 1.165) is 192 Å². The number of piperazine rings is 3. The Kier molecular flexibility index (Phi) is 29.9. The average Bonchev–Trinajstić information content (AvgIpc) is 1.66. The van der Waals surface area contributed by atoms with E-state index in [0.29, 0.717) is 60.6 Å². The van der Waals surface area contributed by atoms with Crippen LogP contribution < -0.4 is 59.5 Å². The van der Waals surface area contributed by atoms with E-state index in [1.807, 2.05) is 174 Å². The third-order valence-corrected chi connectivity index (χ3v) is 25.3. The van der Waals surface area contributed by atoms with Gasteiger partial charge in [-0.2, -0.15) is 9.97 Å². The molecule has 672 valence electrons. The van der Waals surface area contributed by atoms with Crippen molar-refractivity contribution in [2.75, 3.05) is 145 Å². The van der Waals surface area contributed by atoms with E-state index in [9.17, 15) is 28.9 Å². The van der Waals surface area contributed by atoms with Crippen LogP contribution in [0.3, 0.4) is 0 Å². The van der Waals surface area contributed by atoms with Crippen LogP contribution in [0.4, 0.5) is 28.2 Å². The van der Waals surface area contributed by atoms with Crippen LogP contribution in [0.25, 0.3) is 76.9 Å². The van der Waals surface area contributed by atoms with Crippen LogP contribution in [0.5, 0.6) is 0 Å². The summed E-state index contributed by atoms with van der Waals surface area (Å²) >= 11 is 13.5. The molecule has 6 N–H and O–H groups in total. The molecule has 1 amide bonds. The minimum absolute atomic E-state index is 0.00384. The van der Waals surface area contributed by atoms with Crippen LogP contribution in [0.15, 0.2) is 204 Å². The fourth-order valence-corrected chi connectivity index (χ4v) is 16.7. The summed E-state index contributed by atoms with van der Waals surface area (Å²) in [6, 6.07) is 39.5. The number of amides is 1. The number of aromatic nitrogens is 10. The summed E-state index contributed by atoms with van der Waals surface area (Å²) in [5.74, 6) is 0.744. The van der Waals surface area contributed by atoms with Gasteiger partial charge in [0, 0.05) is 134 Å². The Labute approximate surface area is 773 Å². The van der Waals surface area contributed by atoms with E-state index >= 15 is 0 Å². The Morgan fingerprint density at radius 3 is 1.48 bits per heavy atom. The highest BCUT2D eigenvalue weighted by Crippen LogP contribution is 2.39. The van der Waals surface area contributed by atoms with Crippen LogP contribution in [-0.4, -0.2) is 234 Å². The molecule has 38 heteroatoms. The number of likely N-dealkylation sites (tertiary alicyclic amines) is 1. The first kappa shape index (κ1) is 93.5. The minimum Gasteiger partial charge on any atom is -0.444 e. The van der Waals surface area contributed by atoms with Crippen molar-refractivity contribution in [3.63, 3.8) is 0 Å². The predicted molar refractivity (Wildman–Crippen MR) is 518 cm³/mol. The topological polar surface area (TPSA) is 366 Å². The molecule has 0 radical (unpaired) electrons. The van der Waals surface area contributed by atoms with Crippen molar-refractivity contribution >= 4 is 178 Å². The second kappa shape index (κ2) is 41.0. The number of benzene rings is 7. The van der Waals surface area contributed by atoms with Gasteiger partial charge in [0.15, 0.2) is 11.2 Å². The lowest BCUT2D eigenvalue weighted by Gasteiger charge is -2.34. The molecule has 6 fully saturated rings. The molecule has 0 spiro atoms. The first-order valence-electron chi connectivity index (χ1n) is 42.7. The molecular formula is C90H106BBr4N22O11+. The SMILES string of the molecule is CC1(C)OB(c2ccc3oc(N)nc3c2)OC1(C)C.CC1CCN(C(=O)OC(C)(C)C)CC1.CN1CCN(C2C=Nc3ccc(-c4ccc5oc(N)nc5c4)cc3[N+]2=O)CC1.CN1CCN(n2cnc3ccc(Br)cc3c2=O)CC1.O=c1[nH]cnc2ccc(Br)cc12.O=c1c2cc(Br)ccc2ncn1N1CCCCC1.O=c1c2cc(Br)ccc2ncn1N1CCNCC1. The fourth-order valence-electron chi connectivity index (χ4n) is 15.3. The second-order valence-electron chi connectivity index (χ2n) is 34.3. The van der Waals surface area contributed by atoms with Crippen molar-refractivity contribution in [2.45, 2.75) is 110 Å². The molecule has 1 unspecified atom stereocenters. The maximum Gasteiger partial charge on any atom is 0.494 e. The lowest BCUT2D eigenvalue weighted by atomic mass is 9.79. The molecule has 13 aromatic rings. The first-order chi connectivity index (χ1) is 61.2. The summed E-state index contributed by atoms with van der Waals surface area (Å²) in [6.45, 7) is 30.2. The summed E-state index contributed by atoms with van der Waals surface area (Å²) in [7, 11) is 3.80. The number of nitrogens with two attached hydrogens (primary N) is 2. The Bertz CT molecular complexity index is 6310. The predicted octanol–water partition coefficient (Wildman–Crippen LogP) is 12.8. The molecule has 7 aromatic carbocycles. The van der Waals surface area contributed by atoms with Crippen LogP contribution in [0, 0.1) is 10.8 Å². The molecule has 33 nitrogen and oxygen atoms in total. The van der Waals surface area contributed by atoms with Gasteiger partial charge in [-0.3, -0.25) is 19.2 Å². The number of likely N-dealkylation sites (N-methyl/N-ethyl adjacent to an activating group) is 2. The number of hydrogen-bond acceptors (Lipinski definition) is 27. The molecule has 0 bridgehead atoms. The molecular weight excluding hydrogens is 1900 g/mol. The number of aromatic amines is 1. The van der Waals surface area contributed by atoms with E-state index in [2.05, 4.69) is 155 Å². The lowest BCUT2D eigenvalue weighted by Crippen LogP contribution is -2.53. The number of nitrogens with one attached hydrogen (secondary N) is 2. The Balaban J connectivity index is 0.000000123. The number of H-pyrrole nitrogens is 1. The van der Waals surface area contributed by atoms with Gasteiger partial charge in [-0.25, -0.2) is 48.7 Å². The van der Waals surface area contributed by atoms with Gasteiger partial charge in [0.2, 0.25) is 0 Å². The summed E-state index contributed by atoms with van der Waals surface area (Å²) in [5, 5.41) is 12.0. The van der Waals surface area contributed by atoms with Gasteiger partial charge in [0.1, 0.15) is 41.3 Å². The standard InChI is InChI=1S/C20H21N6O2.C13H17BN2O3.C13H15BrN4O.C13H14BrN3O.C12H13BrN4O.C11H21NO2.C8H5BrN2O/c1-24-6-8-25(9-7-24)19-12-22-15-4-2-14(11-17(15)26(19)27)13-3-5-18-16(10-13)23-20(21)28-18;1-12(2)13(3,4)19-14(18-12)8-5-6-10-9(7-8)16-11(15)17-10;1-16-4-6-17(7-5-16)18-9-15-12-3-2-10(14)8-11(12)13(18)19;14-10-4-5-12-11(8-10)13(18)17(9-15-12)16-6-2-1-3-7-16;13-9-1-2-11-10(7-9)12(18)17(8-15-11)16-5-3-14-4-6-16;1-9-5-7-12(8-6-9)10(13)14-11(2,3)4;9-5-1-2-7-6(3-5)8(12)11-4-10-7/h2-5,10-12,19H,6-9H2,1H3,(H2,21,23);5-7H,1-4H3,(H2,15,16);2-3,8-9H,4-7H2,1H3;4-5,8-9H,1-3,6-7H2;1-2,7-8,14H,3-6H2;9H,5-8H2,1-4H3;1-4H,(H,10,11,12)/q+1;;;;;;. The van der Waals surface area contributed by atoms with Crippen molar-refractivity contribution in [1.29, 1.82) is 0 Å². The van der Waals surface area contributed by atoms with Crippen LogP contribution in [0.1, 0.15) is 87.5 Å². The highest BCUT2D eigenvalue weighted by molar-refractivity contribution is 9.11. The monoisotopic (exact) mass is 2000 g/mol. The smallest absolute Gasteiger partial charge is 0.444 e. The number of oxazole rings is 2. The number of anilines is 2. The molecule has 7 aliphatic heterocycles. The second-order valence-corrected chi connectivity index (χ2v) is 38.0. The number of ether oxygens (including phenoxy) is 1. The minimum atomic E-state index is -0.396. The number of piperidine rings is 2. The third kappa shape index (κ3) is 22.9. The lowest BCUT2D eigenvalue weighted by molar-refractivity contribution is -0.514. The number of carbonyl (C=O) groups is 1. The summed E-state index contributed by atoms with van der Waals surface area (Å²) < 4.78 is 37.5. The zero-order valence-electron chi connectivity index (χ0n) is 73.3. The number of fused-ring (bicyclic) bond motifs is 7. The van der Waals surface area contributed by atoms with Gasteiger partial charge in [0.05, 0.1) is 72.1 Å². The maximum absolute atomic E-state index is 13.1. The van der Waals surface area contributed by atoms with E-state index in [4.69, 9.17) is 34.3 Å². The highest BCUT2D eigenvalue weighted by atomic mass is 79.9. The molecule has 128 heavy (non-hydrogen) atoms. The van der Waals surface area contributed by atoms with Crippen LogP contribution in [0.2, 0.25) is 0 Å². The van der Waals surface area contributed by atoms with Gasteiger partial charge in [0.25, 0.3) is 46.1 Å². The number of halogens is 4. The number of hydrogen-bond donors (Lipinski definition) is 4. The Morgan fingerprint density at radius 2 is 0.969 bits per heavy atom. The van der Waals surface area contributed by atoms with Crippen molar-refractivity contribution < 1.29 is 32.4 Å². The van der Waals surface area contributed by atoms with E-state index in [1.165, 1.54) is 12.7 Å². The van der Waals surface area contributed by atoms with Crippen molar-refractivity contribution in [3.05, 3.63) is 217 Å².